The topological polar surface area (TPSA) is 82.1 Å². The molecule has 0 unspecified atom stereocenters. The van der Waals surface area contributed by atoms with Gasteiger partial charge in [0, 0.05) is 5.69 Å². The summed E-state index contributed by atoms with van der Waals surface area (Å²) in [6.07, 6.45) is 0.655. The van der Waals surface area contributed by atoms with Crippen LogP contribution in [0.4, 0.5) is 5.69 Å². The standard InChI is InChI=1S/C24H21NO6/c1-29-23(27)21-13-10-18(14-22(21)24(28)30-2)25(16-26)15-17-8-11-20(12-9-17)31-19-6-4-3-5-7-19/h3-14,16H,15H2,1-2H3. The van der Waals surface area contributed by atoms with Gasteiger partial charge in [0.2, 0.25) is 6.41 Å². The van der Waals surface area contributed by atoms with Gasteiger partial charge in [-0.25, -0.2) is 9.59 Å². The molecule has 0 atom stereocenters. The number of benzene rings is 3. The number of carbonyl (C=O) groups is 3. The first-order chi connectivity index (χ1) is 15.0. The number of anilines is 1. The number of amides is 1. The van der Waals surface area contributed by atoms with Gasteiger partial charge in [-0.15, -0.1) is 0 Å². The first kappa shape index (κ1) is 21.6. The molecule has 0 heterocycles. The normalized spacial score (nSPS) is 10.1. The molecule has 3 rings (SSSR count). The highest BCUT2D eigenvalue weighted by atomic mass is 16.5. The number of para-hydroxylation sites is 1. The van der Waals surface area contributed by atoms with Gasteiger partial charge in [0.25, 0.3) is 0 Å². The molecule has 7 heteroatoms. The lowest BCUT2D eigenvalue weighted by Crippen LogP contribution is -2.21. The number of carbonyl (C=O) groups excluding carboxylic acids is 3. The Morgan fingerprint density at radius 1 is 0.806 bits per heavy atom. The van der Waals surface area contributed by atoms with Crippen molar-refractivity contribution in [3.63, 3.8) is 0 Å². The summed E-state index contributed by atoms with van der Waals surface area (Å²) in [6, 6.07) is 21.2. The lowest BCUT2D eigenvalue weighted by molar-refractivity contribution is -0.107. The van der Waals surface area contributed by atoms with E-state index in [-0.39, 0.29) is 17.7 Å². The van der Waals surface area contributed by atoms with E-state index in [1.807, 2.05) is 54.6 Å². The van der Waals surface area contributed by atoms with E-state index in [9.17, 15) is 14.4 Å². The molecule has 3 aromatic carbocycles. The molecule has 3 aromatic rings. The number of esters is 2. The molecule has 0 N–H and O–H groups in total. The van der Waals surface area contributed by atoms with E-state index >= 15 is 0 Å². The summed E-state index contributed by atoms with van der Waals surface area (Å²) in [4.78, 5) is 37.2. The Labute approximate surface area is 179 Å². The zero-order chi connectivity index (χ0) is 22.2. The summed E-state index contributed by atoms with van der Waals surface area (Å²) in [7, 11) is 2.44. The number of rotatable bonds is 8. The van der Waals surface area contributed by atoms with Gasteiger partial charge in [-0.2, -0.15) is 0 Å². The Hall–Kier alpha value is -4.13. The fraction of sp³-hybridized carbons (Fsp3) is 0.125. The van der Waals surface area contributed by atoms with Crippen LogP contribution in [-0.2, 0) is 20.8 Å². The lowest BCUT2D eigenvalue weighted by atomic mass is 10.1. The molecule has 0 aromatic heterocycles. The van der Waals surface area contributed by atoms with Crippen LogP contribution in [0.1, 0.15) is 26.3 Å². The third kappa shape index (κ3) is 5.27. The van der Waals surface area contributed by atoms with E-state index in [4.69, 9.17) is 14.2 Å². The molecular formula is C24H21NO6. The second kappa shape index (κ2) is 10.1. The van der Waals surface area contributed by atoms with Gasteiger partial charge < -0.3 is 19.1 Å². The molecule has 0 saturated heterocycles. The van der Waals surface area contributed by atoms with Crippen LogP contribution >= 0.6 is 0 Å². The molecule has 0 bridgehead atoms. The Bertz CT molecular complexity index is 1060. The number of nitrogens with zero attached hydrogens (tertiary/aromatic N) is 1. The van der Waals surface area contributed by atoms with Crippen molar-refractivity contribution in [1.82, 2.24) is 0 Å². The van der Waals surface area contributed by atoms with Crippen molar-refractivity contribution >= 4 is 24.0 Å². The minimum absolute atomic E-state index is 0.0188. The third-order valence-electron chi connectivity index (χ3n) is 4.53. The zero-order valence-corrected chi connectivity index (χ0v) is 17.1. The maximum absolute atomic E-state index is 12.1. The average molecular weight is 419 g/mol. The van der Waals surface area contributed by atoms with Crippen molar-refractivity contribution in [3.8, 4) is 11.5 Å². The number of hydrogen-bond acceptors (Lipinski definition) is 6. The monoisotopic (exact) mass is 419 g/mol. The third-order valence-corrected chi connectivity index (χ3v) is 4.53. The summed E-state index contributed by atoms with van der Waals surface area (Å²) in [5.41, 5.74) is 1.37. The second-order valence-electron chi connectivity index (χ2n) is 6.51. The van der Waals surface area contributed by atoms with Crippen molar-refractivity contribution in [2.75, 3.05) is 19.1 Å². The second-order valence-corrected chi connectivity index (χ2v) is 6.51. The fourth-order valence-corrected chi connectivity index (χ4v) is 2.95. The minimum Gasteiger partial charge on any atom is -0.465 e. The van der Waals surface area contributed by atoms with E-state index in [2.05, 4.69) is 0 Å². The molecule has 0 aliphatic carbocycles. The predicted octanol–water partition coefficient (Wildman–Crippen LogP) is 4.22. The zero-order valence-electron chi connectivity index (χ0n) is 17.1. The van der Waals surface area contributed by atoms with Crippen molar-refractivity contribution < 1.29 is 28.6 Å². The maximum Gasteiger partial charge on any atom is 0.338 e. The van der Waals surface area contributed by atoms with E-state index < -0.39 is 11.9 Å². The molecule has 0 saturated carbocycles. The molecule has 158 valence electrons. The first-order valence-corrected chi connectivity index (χ1v) is 9.40. The van der Waals surface area contributed by atoms with E-state index in [0.717, 1.165) is 11.3 Å². The van der Waals surface area contributed by atoms with Gasteiger partial charge in [0.15, 0.2) is 0 Å². The molecule has 1 amide bonds. The van der Waals surface area contributed by atoms with Gasteiger partial charge >= 0.3 is 11.9 Å². The smallest absolute Gasteiger partial charge is 0.338 e. The largest absolute Gasteiger partial charge is 0.465 e. The summed E-state index contributed by atoms with van der Waals surface area (Å²) in [5, 5.41) is 0. The van der Waals surface area contributed by atoms with Crippen molar-refractivity contribution in [3.05, 3.63) is 89.5 Å². The molecule has 0 radical (unpaired) electrons. The summed E-state index contributed by atoms with van der Waals surface area (Å²) in [6.45, 7) is 0.257. The Morgan fingerprint density at radius 3 is 2.03 bits per heavy atom. The molecule has 7 nitrogen and oxygen atoms in total. The first-order valence-electron chi connectivity index (χ1n) is 9.40. The highest BCUT2D eigenvalue weighted by Gasteiger charge is 2.20. The Kier molecular flexibility index (Phi) is 7.01. The van der Waals surface area contributed by atoms with Crippen LogP contribution in [-0.4, -0.2) is 32.6 Å². The van der Waals surface area contributed by atoms with E-state index in [1.54, 1.807) is 6.07 Å². The maximum atomic E-state index is 12.1. The van der Waals surface area contributed by atoms with Crippen molar-refractivity contribution in [2.24, 2.45) is 0 Å². The van der Waals surface area contributed by atoms with Crippen LogP contribution in [0.2, 0.25) is 0 Å². The molecule has 31 heavy (non-hydrogen) atoms. The number of ether oxygens (including phenoxy) is 3. The average Bonchev–Trinajstić information content (AvgIpc) is 2.82. The van der Waals surface area contributed by atoms with Crippen LogP contribution in [0.15, 0.2) is 72.8 Å². The van der Waals surface area contributed by atoms with Gasteiger partial charge in [-0.3, -0.25) is 4.79 Å². The van der Waals surface area contributed by atoms with Crippen molar-refractivity contribution in [2.45, 2.75) is 6.54 Å². The van der Waals surface area contributed by atoms with Crippen LogP contribution < -0.4 is 9.64 Å². The number of hydrogen-bond donors (Lipinski definition) is 0. The highest BCUT2D eigenvalue weighted by molar-refractivity contribution is 6.04. The van der Waals surface area contributed by atoms with Gasteiger partial charge in [0.1, 0.15) is 11.5 Å². The van der Waals surface area contributed by atoms with Gasteiger partial charge in [-0.1, -0.05) is 30.3 Å². The Balaban J connectivity index is 1.80. The minimum atomic E-state index is -0.699. The van der Waals surface area contributed by atoms with Crippen molar-refractivity contribution in [1.29, 1.82) is 0 Å². The van der Waals surface area contributed by atoms with Crippen LogP contribution in [0.25, 0.3) is 0 Å². The number of methoxy groups -OCH3 is 2. The summed E-state index contributed by atoms with van der Waals surface area (Å²) in [5.74, 6) is 0.0305. The predicted molar refractivity (Wildman–Crippen MR) is 114 cm³/mol. The van der Waals surface area contributed by atoms with E-state index in [1.165, 1.54) is 31.3 Å². The molecular weight excluding hydrogens is 398 g/mol. The SMILES string of the molecule is COC(=O)c1ccc(N(C=O)Cc2ccc(Oc3ccccc3)cc2)cc1C(=O)OC. The molecule has 0 aliphatic rings. The van der Waals surface area contributed by atoms with Crippen LogP contribution in [0.3, 0.4) is 0 Å². The molecule has 0 aliphatic heterocycles. The molecule has 0 spiro atoms. The quantitative estimate of drug-likeness (QED) is 0.402. The van der Waals surface area contributed by atoms with Gasteiger partial charge in [0.05, 0.1) is 31.9 Å². The van der Waals surface area contributed by atoms with Crippen LogP contribution in [0, 0.1) is 0 Å². The highest BCUT2D eigenvalue weighted by Crippen LogP contribution is 2.24. The summed E-state index contributed by atoms with van der Waals surface area (Å²) >= 11 is 0. The van der Waals surface area contributed by atoms with Crippen LogP contribution in [0.5, 0.6) is 11.5 Å². The van der Waals surface area contributed by atoms with E-state index in [0.29, 0.717) is 17.8 Å². The lowest BCUT2D eigenvalue weighted by Gasteiger charge is -2.19. The van der Waals surface area contributed by atoms with Gasteiger partial charge in [-0.05, 0) is 48.0 Å². The summed E-state index contributed by atoms with van der Waals surface area (Å²) < 4.78 is 15.2. The fourth-order valence-electron chi connectivity index (χ4n) is 2.95. The molecule has 0 fully saturated rings. The Morgan fingerprint density at radius 2 is 1.42 bits per heavy atom.